The minimum Gasteiger partial charge on any atom is -0.469 e. The molecule has 0 bridgehead atoms. The summed E-state index contributed by atoms with van der Waals surface area (Å²) < 4.78 is 5.21. The molecule has 112 valence electrons. The van der Waals surface area contributed by atoms with Gasteiger partial charge in [0.1, 0.15) is 5.76 Å². The second kappa shape index (κ2) is 8.15. The van der Waals surface area contributed by atoms with Crippen molar-refractivity contribution in [1.29, 1.82) is 0 Å². The molecule has 0 aliphatic carbocycles. The van der Waals surface area contributed by atoms with Gasteiger partial charge in [-0.3, -0.25) is 0 Å². The van der Waals surface area contributed by atoms with Gasteiger partial charge in [-0.05, 0) is 37.5 Å². The zero-order chi connectivity index (χ0) is 14.9. The molecule has 2 N–H and O–H groups in total. The summed E-state index contributed by atoms with van der Waals surface area (Å²) in [5.74, 6) is 0.882. The first-order chi connectivity index (χ1) is 10.2. The molecule has 1 aromatic carbocycles. The van der Waals surface area contributed by atoms with Crippen LogP contribution < -0.4 is 10.6 Å². The number of carbonyl (C=O) groups is 1. The van der Waals surface area contributed by atoms with Crippen LogP contribution in [0, 0.1) is 0 Å². The molecule has 2 aromatic rings. The predicted octanol–water partition coefficient (Wildman–Crippen LogP) is 3.14. The van der Waals surface area contributed by atoms with E-state index in [9.17, 15) is 4.79 Å². The van der Waals surface area contributed by atoms with Gasteiger partial charge in [0, 0.05) is 19.0 Å². The van der Waals surface area contributed by atoms with E-state index in [-0.39, 0.29) is 12.1 Å². The Hall–Kier alpha value is -2.23. The van der Waals surface area contributed by atoms with E-state index < -0.39 is 0 Å². The number of rotatable bonds is 7. The number of benzene rings is 1. The third kappa shape index (κ3) is 5.73. The number of aryl methyl sites for hydroxylation is 1. The molecule has 1 atom stereocenters. The van der Waals surface area contributed by atoms with Crippen molar-refractivity contribution in [2.45, 2.75) is 32.2 Å². The van der Waals surface area contributed by atoms with Gasteiger partial charge >= 0.3 is 6.03 Å². The van der Waals surface area contributed by atoms with E-state index in [4.69, 9.17) is 4.42 Å². The molecule has 4 nitrogen and oxygen atoms in total. The van der Waals surface area contributed by atoms with E-state index in [2.05, 4.69) is 22.8 Å². The van der Waals surface area contributed by atoms with Crippen LogP contribution in [0.5, 0.6) is 0 Å². The first-order valence-corrected chi connectivity index (χ1v) is 7.34. The predicted molar refractivity (Wildman–Crippen MR) is 83.2 cm³/mol. The number of carbonyl (C=O) groups excluding carboxylic acids is 1. The molecule has 2 amide bonds. The van der Waals surface area contributed by atoms with Crippen molar-refractivity contribution >= 4 is 6.03 Å². The summed E-state index contributed by atoms with van der Waals surface area (Å²) in [4.78, 5) is 11.7. The molecule has 0 saturated heterocycles. The maximum atomic E-state index is 11.7. The number of nitrogens with one attached hydrogen (secondary N) is 2. The second-order valence-electron chi connectivity index (χ2n) is 5.15. The summed E-state index contributed by atoms with van der Waals surface area (Å²) in [7, 11) is 0. The lowest BCUT2D eigenvalue weighted by molar-refractivity contribution is 0.237. The van der Waals surface area contributed by atoms with Crippen LogP contribution >= 0.6 is 0 Å². The number of hydrogen-bond donors (Lipinski definition) is 2. The van der Waals surface area contributed by atoms with Crippen molar-refractivity contribution in [2.24, 2.45) is 0 Å². The first-order valence-electron chi connectivity index (χ1n) is 7.34. The summed E-state index contributed by atoms with van der Waals surface area (Å²) in [6, 6.07) is 14.1. The van der Waals surface area contributed by atoms with E-state index in [1.54, 1.807) is 6.26 Å². The average molecular weight is 286 g/mol. The zero-order valence-corrected chi connectivity index (χ0v) is 12.3. The highest BCUT2D eigenvalue weighted by Crippen LogP contribution is 2.04. The van der Waals surface area contributed by atoms with Gasteiger partial charge in [-0.2, -0.15) is 0 Å². The molecule has 0 radical (unpaired) electrons. The SMILES string of the molecule is C[C@H](CCc1ccccc1)NC(=O)NCCc1ccco1. The molecule has 0 spiro atoms. The lowest BCUT2D eigenvalue weighted by Gasteiger charge is -2.14. The highest BCUT2D eigenvalue weighted by Gasteiger charge is 2.07. The van der Waals surface area contributed by atoms with Crippen molar-refractivity contribution in [3.05, 3.63) is 60.1 Å². The maximum Gasteiger partial charge on any atom is 0.315 e. The van der Waals surface area contributed by atoms with E-state index >= 15 is 0 Å². The van der Waals surface area contributed by atoms with Crippen LogP contribution in [0.2, 0.25) is 0 Å². The largest absolute Gasteiger partial charge is 0.469 e. The fourth-order valence-electron chi connectivity index (χ4n) is 2.13. The molecule has 0 unspecified atom stereocenters. The molecular weight excluding hydrogens is 264 g/mol. The van der Waals surface area contributed by atoms with Gasteiger partial charge in [0.15, 0.2) is 0 Å². The van der Waals surface area contributed by atoms with Crippen molar-refractivity contribution in [3.63, 3.8) is 0 Å². The van der Waals surface area contributed by atoms with Crippen LogP contribution in [0.4, 0.5) is 4.79 Å². The standard InChI is InChI=1S/C17H22N2O2/c1-14(9-10-15-6-3-2-4-7-15)19-17(20)18-12-11-16-8-5-13-21-16/h2-8,13-14H,9-12H2,1H3,(H2,18,19,20)/t14-/m1/s1. The molecule has 21 heavy (non-hydrogen) atoms. The van der Waals surface area contributed by atoms with Gasteiger partial charge in [0.2, 0.25) is 0 Å². The first kappa shape index (κ1) is 15.2. The van der Waals surface area contributed by atoms with Gasteiger partial charge < -0.3 is 15.1 Å². The Labute approximate surface area is 125 Å². The summed E-state index contributed by atoms with van der Waals surface area (Å²) in [5, 5.41) is 5.79. The number of urea groups is 1. The van der Waals surface area contributed by atoms with Gasteiger partial charge in [-0.1, -0.05) is 30.3 Å². The topological polar surface area (TPSA) is 54.3 Å². The quantitative estimate of drug-likeness (QED) is 0.821. The smallest absolute Gasteiger partial charge is 0.315 e. The second-order valence-corrected chi connectivity index (χ2v) is 5.15. The fraction of sp³-hybridized carbons (Fsp3) is 0.353. The van der Waals surface area contributed by atoms with Crippen LogP contribution in [0.1, 0.15) is 24.7 Å². The van der Waals surface area contributed by atoms with Gasteiger partial charge in [-0.15, -0.1) is 0 Å². The lowest BCUT2D eigenvalue weighted by atomic mass is 10.1. The monoisotopic (exact) mass is 286 g/mol. The molecule has 2 rings (SSSR count). The minimum atomic E-state index is -0.123. The molecule has 0 aliphatic heterocycles. The average Bonchev–Trinajstić information content (AvgIpc) is 2.99. The third-order valence-electron chi connectivity index (χ3n) is 3.32. The van der Waals surface area contributed by atoms with Crippen molar-refractivity contribution in [1.82, 2.24) is 10.6 Å². The molecule has 1 heterocycles. The molecule has 4 heteroatoms. The molecule has 0 aliphatic rings. The minimum absolute atomic E-state index is 0.123. The Balaban J connectivity index is 1.60. The van der Waals surface area contributed by atoms with Crippen LogP contribution in [-0.2, 0) is 12.8 Å². The Morgan fingerprint density at radius 1 is 1.14 bits per heavy atom. The van der Waals surface area contributed by atoms with E-state index in [0.29, 0.717) is 13.0 Å². The Bertz CT molecular complexity index is 523. The fourth-order valence-corrected chi connectivity index (χ4v) is 2.13. The lowest BCUT2D eigenvalue weighted by Crippen LogP contribution is -2.41. The summed E-state index contributed by atoms with van der Waals surface area (Å²) in [6.07, 6.45) is 4.24. The van der Waals surface area contributed by atoms with Crippen LogP contribution in [-0.4, -0.2) is 18.6 Å². The summed E-state index contributed by atoms with van der Waals surface area (Å²) in [5.41, 5.74) is 1.30. The van der Waals surface area contributed by atoms with Gasteiger partial charge in [-0.25, -0.2) is 4.79 Å². The van der Waals surface area contributed by atoms with E-state index in [0.717, 1.165) is 18.6 Å². The normalized spacial score (nSPS) is 11.9. The Morgan fingerprint density at radius 2 is 1.95 bits per heavy atom. The maximum absolute atomic E-state index is 11.7. The molecule has 0 saturated carbocycles. The third-order valence-corrected chi connectivity index (χ3v) is 3.32. The van der Waals surface area contributed by atoms with Gasteiger partial charge in [0.05, 0.1) is 6.26 Å². The number of furan rings is 1. The van der Waals surface area contributed by atoms with Crippen LogP contribution in [0.15, 0.2) is 53.1 Å². The Morgan fingerprint density at radius 3 is 2.67 bits per heavy atom. The number of amides is 2. The summed E-state index contributed by atoms with van der Waals surface area (Å²) >= 11 is 0. The Kier molecular flexibility index (Phi) is 5.88. The highest BCUT2D eigenvalue weighted by molar-refractivity contribution is 5.74. The summed E-state index contributed by atoms with van der Waals surface area (Å²) in [6.45, 7) is 2.60. The number of hydrogen-bond acceptors (Lipinski definition) is 2. The molecular formula is C17H22N2O2. The van der Waals surface area contributed by atoms with Crippen molar-refractivity contribution in [2.75, 3.05) is 6.54 Å². The van der Waals surface area contributed by atoms with Crippen LogP contribution in [0.3, 0.4) is 0 Å². The van der Waals surface area contributed by atoms with Crippen molar-refractivity contribution in [3.8, 4) is 0 Å². The molecule has 0 fully saturated rings. The van der Waals surface area contributed by atoms with Crippen LogP contribution in [0.25, 0.3) is 0 Å². The zero-order valence-electron chi connectivity index (χ0n) is 12.3. The van der Waals surface area contributed by atoms with Gasteiger partial charge in [0.25, 0.3) is 0 Å². The molecule has 1 aromatic heterocycles. The van der Waals surface area contributed by atoms with E-state index in [1.807, 2.05) is 37.3 Å². The highest BCUT2D eigenvalue weighted by atomic mass is 16.3. The van der Waals surface area contributed by atoms with E-state index in [1.165, 1.54) is 5.56 Å². The van der Waals surface area contributed by atoms with Crippen molar-refractivity contribution < 1.29 is 9.21 Å².